The van der Waals surface area contributed by atoms with E-state index in [-0.39, 0.29) is 18.1 Å². The third-order valence-electron chi connectivity index (χ3n) is 2.33. The molecular weight excluding hydrogens is 309 g/mol. The van der Waals surface area contributed by atoms with Crippen molar-refractivity contribution in [3.63, 3.8) is 0 Å². The highest BCUT2D eigenvalue weighted by atomic mass is 35.5. The average Bonchev–Trinajstić information content (AvgIpc) is 2.82. The number of Topliss-reactive ketones (excluding diaryl/α,β-unsaturated/α-hetero) is 1. The van der Waals surface area contributed by atoms with Gasteiger partial charge in [0.25, 0.3) is 0 Å². The van der Waals surface area contributed by atoms with Gasteiger partial charge in [-0.1, -0.05) is 11.6 Å². The van der Waals surface area contributed by atoms with Gasteiger partial charge in [-0.25, -0.2) is 0 Å². The molecule has 1 heterocycles. The lowest BCUT2D eigenvalue weighted by Gasteiger charge is -2.04. The monoisotopic (exact) mass is 315 g/mol. The van der Waals surface area contributed by atoms with Crippen LogP contribution in [0.1, 0.15) is 9.67 Å². The van der Waals surface area contributed by atoms with Crippen molar-refractivity contribution in [2.24, 2.45) is 0 Å². The van der Waals surface area contributed by atoms with Crippen LogP contribution in [0.5, 0.6) is 5.75 Å². The first-order valence-corrected chi connectivity index (χ1v) is 6.52. The molecule has 0 aliphatic rings. The Morgan fingerprint density at radius 2 is 2.15 bits per heavy atom. The van der Waals surface area contributed by atoms with Crippen LogP contribution in [0.2, 0.25) is 4.34 Å². The molecule has 20 heavy (non-hydrogen) atoms. The van der Waals surface area contributed by atoms with Gasteiger partial charge in [-0.15, -0.1) is 11.3 Å². The maximum absolute atomic E-state index is 13.3. The van der Waals surface area contributed by atoms with Gasteiger partial charge < -0.3 is 4.74 Å². The number of carbonyl (C=O) groups is 1. The molecule has 0 radical (unpaired) electrons. The second-order valence-corrected chi connectivity index (χ2v) is 5.40. The first-order valence-electron chi connectivity index (χ1n) is 5.32. The van der Waals surface area contributed by atoms with Crippen LogP contribution < -0.4 is 4.74 Å². The second-order valence-electron chi connectivity index (χ2n) is 3.69. The molecule has 1 aromatic carbocycles. The minimum absolute atomic E-state index is 0.0455. The quantitative estimate of drug-likeness (QED) is 0.479. The van der Waals surface area contributed by atoms with Crippen LogP contribution in [0.15, 0.2) is 30.3 Å². The molecule has 2 rings (SSSR count). The molecule has 104 valence electrons. The molecule has 0 bridgehead atoms. The van der Waals surface area contributed by atoms with Crippen molar-refractivity contribution in [2.45, 2.75) is 0 Å². The molecule has 5 nitrogen and oxygen atoms in total. The van der Waals surface area contributed by atoms with Crippen LogP contribution in [0.3, 0.4) is 0 Å². The number of nitro benzene ring substituents is 1. The first kappa shape index (κ1) is 14.4. The summed E-state index contributed by atoms with van der Waals surface area (Å²) < 4.78 is 18.9. The van der Waals surface area contributed by atoms with Crippen molar-refractivity contribution in [3.05, 3.63) is 55.5 Å². The molecule has 0 spiro atoms. The number of ether oxygens (including phenoxy) is 1. The number of halogens is 2. The Morgan fingerprint density at radius 3 is 2.70 bits per heavy atom. The molecule has 0 aliphatic carbocycles. The molecule has 0 N–H and O–H groups in total. The summed E-state index contributed by atoms with van der Waals surface area (Å²) in [6.45, 7) is -0.298. The summed E-state index contributed by atoms with van der Waals surface area (Å²) in [5, 5.41) is 10.4. The lowest BCUT2D eigenvalue weighted by atomic mass is 10.3. The Kier molecular flexibility index (Phi) is 4.31. The van der Waals surface area contributed by atoms with Gasteiger partial charge in [0.15, 0.2) is 6.61 Å². The number of nitro groups is 1. The van der Waals surface area contributed by atoms with Gasteiger partial charge in [0.2, 0.25) is 11.6 Å². The largest absolute Gasteiger partial charge is 0.485 e. The van der Waals surface area contributed by atoms with E-state index in [1.54, 1.807) is 12.1 Å². The van der Waals surface area contributed by atoms with E-state index >= 15 is 0 Å². The molecule has 0 saturated carbocycles. The summed E-state index contributed by atoms with van der Waals surface area (Å²) in [4.78, 5) is 21.8. The standard InChI is InChI=1S/C12H7ClFNO4S/c13-12-4-3-11(20-12)10(16)6-19-7-1-2-9(15(17)18)8(14)5-7/h1-5H,6H2. The van der Waals surface area contributed by atoms with Crippen molar-refractivity contribution >= 4 is 34.4 Å². The summed E-state index contributed by atoms with van der Waals surface area (Å²) >= 11 is 6.81. The van der Waals surface area contributed by atoms with E-state index in [4.69, 9.17) is 16.3 Å². The SMILES string of the molecule is O=C(COc1ccc([N+](=O)[O-])c(F)c1)c1ccc(Cl)s1. The van der Waals surface area contributed by atoms with Gasteiger partial charge in [0, 0.05) is 12.1 Å². The van der Waals surface area contributed by atoms with Crippen LogP contribution in [0, 0.1) is 15.9 Å². The molecule has 0 atom stereocenters. The number of hydrogen-bond acceptors (Lipinski definition) is 5. The molecule has 0 saturated heterocycles. The highest BCUT2D eigenvalue weighted by molar-refractivity contribution is 7.18. The van der Waals surface area contributed by atoms with Crippen LogP contribution in [-0.4, -0.2) is 17.3 Å². The lowest BCUT2D eigenvalue weighted by molar-refractivity contribution is -0.387. The Balaban J connectivity index is 2.02. The van der Waals surface area contributed by atoms with E-state index in [0.29, 0.717) is 9.21 Å². The predicted molar refractivity (Wildman–Crippen MR) is 72.2 cm³/mol. The molecule has 1 aromatic heterocycles. The average molecular weight is 316 g/mol. The Morgan fingerprint density at radius 1 is 1.40 bits per heavy atom. The van der Waals surface area contributed by atoms with Gasteiger partial charge in [0.1, 0.15) is 5.75 Å². The normalized spacial score (nSPS) is 10.3. The van der Waals surface area contributed by atoms with E-state index in [9.17, 15) is 19.3 Å². The number of rotatable bonds is 5. The van der Waals surface area contributed by atoms with Gasteiger partial charge in [-0.3, -0.25) is 14.9 Å². The molecule has 0 fully saturated rings. The van der Waals surface area contributed by atoms with Crippen molar-refractivity contribution in [2.75, 3.05) is 6.61 Å². The molecule has 0 unspecified atom stereocenters. The first-order chi connectivity index (χ1) is 9.47. The molecular formula is C12H7ClFNO4S. The fourth-order valence-electron chi connectivity index (χ4n) is 1.41. The van der Waals surface area contributed by atoms with E-state index in [2.05, 4.69) is 0 Å². The van der Waals surface area contributed by atoms with Crippen molar-refractivity contribution < 1.29 is 18.8 Å². The number of ketones is 1. The Hall–Kier alpha value is -1.99. The van der Waals surface area contributed by atoms with E-state index in [1.165, 1.54) is 6.07 Å². The van der Waals surface area contributed by atoms with E-state index in [1.807, 2.05) is 0 Å². The molecule has 0 aliphatic heterocycles. The highest BCUT2D eigenvalue weighted by Crippen LogP contribution is 2.24. The van der Waals surface area contributed by atoms with Crippen LogP contribution in [-0.2, 0) is 0 Å². The summed E-state index contributed by atoms with van der Waals surface area (Å²) in [5.41, 5.74) is -0.645. The van der Waals surface area contributed by atoms with Gasteiger partial charge in [-0.2, -0.15) is 4.39 Å². The summed E-state index contributed by atoms with van der Waals surface area (Å²) in [5.74, 6) is -1.27. The minimum Gasteiger partial charge on any atom is -0.485 e. The van der Waals surface area contributed by atoms with Crippen molar-refractivity contribution in [1.82, 2.24) is 0 Å². The van der Waals surface area contributed by atoms with Crippen LogP contribution in [0.25, 0.3) is 0 Å². The third-order valence-corrected chi connectivity index (χ3v) is 3.61. The maximum atomic E-state index is 13.3. The zero-order valence-corrected chi connectivity index (χ0v) is 11.4. The zero-order chi connectivity index (χ0) is 14.7. The summed E-state index contributed by atoms with van der Waals surface area (Å²) in [6, 6.07) is 6.24. The van der Waals surface area contributed by atoms with E-state index in [0.717, 1.165) is 23.5 Å². The second kappa shape index (κ2) is 5.98. The number of benzene rings is 1. The predicted octanol–water partition coefficient (Wildman–Crippen LogP) is 3.71. The maximum Gasteiger partial charge on any atom is 0.305 e. The Labute approximate surface area is 121 Å². The highest BCUT2D eigenvalue weighted by Gasteiger charge is 2.15. The Bertz CT molecular complexity index is 673. The number of hydrogen-bond donors (Lipinski definition) is 0. The smallest absolute Gasteiger partial charge is 0.305 e. The molecule has 2 aromatic rings. The van der Waals surface area contributed by atoms with Crippen molar-refractivity contribution in [1.29, 1.82) is 0 Å². The molecule has 0 amide bonds. The van der Waals surface area contributed by atoms with Crippen molar-refractivity contribution in [3.8, 4) is 5.75 Å². The number of nitrogens with zero attached hydrogens (tertiary/aromatic N) is 1. The minimum atomic E-state index is -1.01. The van der Waals surface area contributed by atoms with E-state index < -0.39 is 16.4 Å². The van der Waals surface area contributed by atoms with Gasteiger partial charge in [-0.05, 0) is 18.2 Å². The van der Waals surface area contributed by atoms with Crippen LogP contribution >= 0.6 is 22.9 Å². The fraction of sp³-hybridized carbons (Fsp3) is 0.0833. The summed E-state index contributed by atoms with van der Waals surface area (Å²) in [6.07, 6.45) is 0. The van der Waals surface area contributed by atoms with Gasteiger partial charge >= 0.3 is 5.69 Å². The zero-order valence-electron chi connectivity index (χ0n) is 9.84. The number of carbonyl (C=O) groups excluding carboxylic acids is 1. The van der Waals surface area contributed by atoms with Gasteiger partial charge in [0.05, 0.1) is 14.1 Å². The third kappa shape index (κ3) is 3.31. The summed E-state index contributed by atoms with van der Waals surface area (Å²) in [7, 11) is 0. The topological polar surface area (TPSA) is 69.4 Å². The fourth-order valence-corrected chi connectivity index (χ4v) is 2.38. The van der Waals surface area contributed by atoms with Crippen LogP contribution in [0.4, 0.5) is 10.1 Å². The lowest BCUT2D eigenvalue weighted by Crippen LogP contribution is -2.10. The number of thiophene rings is 1. The molecule has 8 heteroatoms.